The Bertz CT molecular complexity index is 837. The largest absolute Gasteiger partial charge is 0.349 e. The molecule has 1 aliphatic rings. The lowest BCUT2D eigenvalue weighted by molar-refractivity contribution is 0.0917. The van der Waals surface area contributed by atoms with E-state index in [1.807, 2.05) is 31.2 Å². The second kappa shape index (κ2) is 9.30. The molecule has 148 valence electrons. The molecule has 0 aliphatic carbocycles. The Balaban J connectivity index is 1.48. The highest BCUT2D eigenvalue weighted by atomic mass is 35.5. The van der Waals surface area contributed by atoms with Crippen molar-refractivity contribution in [1.29, 1.82) is 0 Å². The third kappa shape index (κ3) is 5.18. The minimum absolute atomic E-state index is 0.0725. The lowest BCUT2D eigenvalue weighted by Gasteiger charge is -2.33. The number of halogens is 2. The van der Waals surface area contributed by atoms with E-state index in [1.165, 1.54) is 0 Å². The van der Waals surface area contributed by atoms with Crippen molar-refractivity contribution in [3.63, 3.8) is 0 Å². The summed E-state index contributed by atoms with van der Waals surface area (Å²) in [5.74, 6) is -0.0725. The van der Waals surface area contributed by atoms with Gasteiger partial charge in [-0.05, 0) is 49.6 Å². The van der Waals surface area contributed by atoms with E-state index >= 15 is 0 Å². The number of carbonyl (C=O) groups is 2. The van der Waals surface area contributed by atoms with Gasteiger partial charge in [-0.15, -0.1) is 0 Å². The molecule has 0 saturated carbocycles. The highest BCUT2D eigenvalue weighted by Crippen LogP contribution is 2.25. The molecule has 28 heavy (non-hydrogen) atoms. The van der Waals surface area contributed by atoms with Crippen LogP contribution in [0.4, 0.5) is 4.79 Å². The second-order valence-electron chi connectivity index (χ2n) is 6.95. The molecule has 3 rings (SSSR count). The molecule has 1 heterocycles. The molecule has 0 bridgehead atoms. The van der Waals surface area contributed by atoms with Crippen molar-refractivity contribution in [2.24, 2.45) is 0 Å². The summed E-state index contributed by atoms with van der Waals surface area (Å²) in [6.45, 7) is 3.10. The third-order valence-corrected chi connectivity index (χ3v) is 5.68. The van der Waals surface area contributed by atoms with E-state index in [4.69, 9.17) is 23.2 Å². The molecule has 1 unspecified atom stereocenters. The number of hydrogen-bond donors (Lipinski definition) is 2. The van der Waals surface area contributed by atoms with Crippen LogP contribution >= 0.6 is 23.2 Å². The molecule has 2 aromatic carbocycles. The normalized spacial score (nSPS) is 15.8. The quantitative estimate of drug-likeness (QED) is 0.756. The first-order chi connectivity index (χ1) is 13.4. The van der Waals surface area contributed by atoms with Gasteiger partial charge in [0.25, 0.3) is 5.91 Å². The zero-order chi connectivity index (χ0) is 20.1. The number of nitrogens with one attached hydrogen (secondary N) is 2. The maximum Gasteiger partial charge on any atom is 0.317 e. The average molecular weight is 420 g/mol. The summed E-state index contributed by atoms with van der Waals surface area (Å²) in [7, 11) is 0. The van der Waals surface area contributed by atoms with Crippen molar-refractivity contribution < 1.29 is 9.59 Å². The van der Waals surface area contributed by atoms with Crippen molar-refractivity contribution in [2.45, 2.75) is 31.8 Å². The number of nitrogens with zero attached hydrogens (tertiary/aromatic N) is 1. The van der Waals surface area contributed by atoms with Gasteiger partial charge < -0.3 is 15.5 Å². The van der Waals surface area contributed by atoms with Crippen LogP contribution in [0.25, 0.3) is 0 Å². The third-order valence-electron chi connectivity index (χ3n) is 4.94. The van der Waals surface area contributed by atoms with Crippen molar-refractivity contribution in [2.75, 3.05) is 13.1 Å². The number of piperidine rings is 1. The number of likely N-dealkylation sites (tertiary alicyclic amines) is 1. The highest BCUT2D eigenvalue weighted by Gasteiger charge is 2.25. The number of carbonyl (C=O) groups excluding carboxylic acids is 2. The monoisotopic (exact) mass is 419 g/mol. The van der Waals surface area contributed by atoms with Gasteiger partial charge in [0.05, 0.1) is 16.1 Å². The Hall–Kier alpha value is -2.24. The van der Waals surface area contributed by atoms with Gasteiger partial charge in [-0.3, -0.25) is 4.79 Å². The second-order valence-corrected chi connectivity index (χ2v) is 7.76. The highest BCUT2D eigenvalue weighted by molar-refractivity contribution is 6.42. The number of urea groups is 1. The summed E-state index contributed by atoms with van der Waals surface area (Å²) in [5.41, 5.74) is 1.55. The molecule has 0 aromatic heterocycles. The van der Waals surface area contributed by atoms with Crippen LogP contribution in [0.1, 0.15) is 41.7 Å². The molecule has 1 fully saturated rings. The fourth-order valence-corrected chi connectivity index (χ4v) is 3.53. The van der Waals surface area contributed by atoms with E-state index in [-0.39, 0.29) is 24.0 Å². The van der Waals surface area contributed by atoms with E-state index < -0.39 is 0 Å². The zero-order valence-electron chi connectivity index (χ0n) is 15.6. The van der Waals surface area contributed by atoms with Crippen molar-refractivity contribution >= 4 is 35.1 Å². The molecule has 0 radical (unpaired) electrons. The zero-order valence-corrected chi connectivity index (χ0v) is 17.1. The average Bonchev–Trinajstić information content (AvgIpc) is 2.71. The van der Waals surface area contributed by atoms with Gasteiger partial charge in [0, 0.05) is 24.7 Å². The molecule has 5 nitrogen and oxygen atoms in total. The number of benzene rings is 2. The first-order valence-corrected chi connectivity index (χ1v) is 10.1. The Kier molecular flexibility index (Phi) is 6.81. The number of rotatable bonds is 4. The summed E-state index contributed by atoms with van der Waals surface area (Å²) in [6.07, 6.45) is 1.46. The summed E-state index contributed by atoms with van der Waals surface area (Å²) >= 11 is 12.0. The van der Waals surface area contributed by atoms with Crippen LogP contribution in [0.5, 0.6) is 0 Å². The Morgan fingerprint density at radius 2 is 1.71 bits per heavy atom. The lowest BCUT2D eigenvalue weighted by atomic mass is 10.0. The number of amides is 3. The molecule has 1 saturated heterocycles. The molecular formula is C21H23Cl2N3O2. The maximum absolute atomic E-state index is 12.6. The van der Waals surface area contributed by atoms with Crippen LogP contribution in [0.15, 0.2) is 48.5 Å². The molecule has 3 amide bonds. The van der Waals surface area contributed by atoms with Gasteiger partial charge in [0.2, 0.25) is 0 Å². The van der Waals surface area contributed by atoms with E-state index in [9.17, 15) is 9.59 Å². The maximum atomic E-state index is 12.6. The smallest absolute Gasteiger partial charge is 0.317 e. The molecule has 1 atom stereocenters. The summed E-state index contributed by atoms with van der Waals surface area (Å²) in [5, 5.41) is 7.00. The predicted molar refractivity (Wildman–Crippen MR) is 112 cm³/mol. The van der Waals surface area contributed by atoms with Crippen LogP contribution in [0.3, 0.4) is 0 Å². The first-order valence-electron chi connectivity index (χ1n) is 9.30. The van der Waals surface area contributed by atoms with Crippen LogP contribution in [-0.2, 0) is 0 Å². The number of hydrogen-bond acceptors (Lipinski definition) is 2. The van der Waals surface area contributed by atoms with Gasteiger partial charge in [0.1, 0.15) is 0 Å². The Labute approximate surface area is 175 Å². The summed E-state index contributed by atoms with van der Waals surface area (Å²) < 4.78 is 0. The standard InChI is InChI=1S/C21H23Cl2N3O2/c1-14(16-7-8-18(22)19(23)13-16)24-21(28)26-11-9-17(10-12-26)25-20(27)15-5-3-2-4-6-15/h2-8,13-14,17H,9-12H2,1H3,(H,24,28)(H,25,27). The topological polar surface area (TPSA) is 61.4 Å². The van der Waals surface area contributed by atoms with Crippen LogP contribution in [0.2, 0.25) is 10.0 Å². The van der Waals surface area contributed by atoms with Crippen molar-refractivity contribution in [1.82, 2.24) is 15.5 Å². The summed E-state index contributed by atoms with van der Waals surface area (Å²) in [6, 6.07) is 14.3. The minimum atomic E-state index is -0.183. The van der Waals surface area contributed by atoms with Crippen molar-refractivity contribution in [3.8, 4) is 0 Å². The fraction of sp³-hybridized carbons (Fsp3) is 0.333. The minimum Gasteiger partial charge on any atom is -0.349 e. The van der Waals surface area contributed by atoms with E-state index in [0.29, 0.717) is 28.7 Å². The molecule has 7 heteroatoms. The predicted octanol–water partition coefficient (Wildman–Crippen LogP) is 4.66. The fourth-order valence-electron chi connectivity index (χ4n) is 3.23. The van der Waals surface area contributed by atoms with Gasteiger partial charge in [-0.2, -0.15) is 0 Å². The Morgan fingerprint density at radius 3 is 2.36 bits per heavy atom. The summed E-state index contributed by atoms with van der Waals surface area (Å²) in [4.78, 5) is 26.6. The van der Waals surface area contributed by atoms with E-state index in [2.05, 4.69) is 10.6 Å². The Morgan fingerprint density at radius 1 is 1.04 bits per heavy atom. The molecule has 0 spiro atoms. The van der Waals surface area contributed by atoms with Crippen molar-refractivity contribution in [3.05, 3.63) is 69.7 Å². The van der Waals surface area contributed by atoms with E-state index in [0.717, 1.165) is 18.4 Å². The van der Waals surface area contributed by atoms with E-state index in [1.54, 1.807) is 29.2 Å². The van der Waals surface area contributed by atoms with Crippen LogP contribution in [0, 0.1) is 0 Å². The molecule has 2 aromatic rings. The molecular weight excluding hydrogens is 397 g/mol. The van der Waals surface area contributed by atoms with Gasteiger partial charge in [-0.25, -0.2) is 4.79 Å². The SMILES string of the molecule is CC(NC(=O)N1CCC(NC(=O)c2ccccc2)CC1)c1ccc(Cl)c(Cl)c1. The van der Waals surface area contributed by atoms with Crippen LogP contribution < -0.4 is 10.6 Å². The van der Waals surface area contributed by atoms with Gasteiger partial charge in [-0.1, -0.05) is 47.5 Å². The van der Waals surface area contributed by atoms with Gasteiger partial charge >= 0.3 is 6.03 Å². The molecule has 1 aliphatic heterocycles. The van der Waals surface area contributed by atoms with Crippen LogP contribution in [-0.4, -0.2) is 36.0 Å². The first kappa shape index (κ1) is 20.5. The molecule has 2 N–H and O–H groups in total. The lowest BCUT2D eigenvalue weighted by Crippen LogP contribution is -2.49. The van der Waals surface area contributed by atoms with Gasteiger partial charge in [0.15, 0.2) is 0 Å².